The monoisotopic (exact) mass is 294 g/mol. The van der Waals surface area contributed by atoms with Gasteiger partial charge in [-0.2, -0.15) is 0 Å². The van der Waals surface area contributed by atoms with Gasteiger partial charge in [0.15, 0.2) is 17.5 Å². The van der Waals surface area contributed by atoms with Crippen LogP contribution in [0.5, 0.6) is 0 Å². The van der Waals surface area contributed by atoms with Gasteiger partial charge in [-0.3, -0.25) is 4.90 Å². The van der Waals surface area contributed by atoms with Gasteiger partial charge < -0.3 is 5.73 Å². The number of nitrogens with two attached hydrogens (primary N) is 1. The molecule has 0 saturated heterocycles. The Kier molecular flexibility index (Phi) is 3.50. The second-order valence-corrected chi connectivity index (χ2v) is 5.03. The van der Waals surface area contributed by atoms with Gasteiger partial charge in [-0.05, 0) is 17.7 Å². The maximum absolute atomic E-state index is 13.2. The molecule has 0 amide bonds. The van der Waals surface area contributed by atoms with Crippen molar-refractivity contribution in [2.45, 2.75) is 19.5 Å². The van der Waals surface area contributed by atoms with Gasteiger partial charge in [-0.1, -0.05) is 0 Å². The molecule has 1 aliphatic heterocycles. The zero-order valence-electron chi connectivity index (χ0n) is 11.1. The SMILES string of the molecule is Nc1ncc2c(n1)CCN(Cc1cc(F)c(F)c(F)c1)C2. The normalized spacial score (nSPS) is 15.0. The molecule has 0 spiro atoms. The molecule has 4 nitrogen and oxygen atoms in total. The fourth-order valence-corrected chi connectivity index (χ4v) is 2.48. The van der Waals surface area contributed by atoms with E-state index in [2.05, 4.69) is 9.97 Å². The van der Waals surface area contributed by atoms with Crippen LogP contribution in [0.2, 0.25) is 0 Å². The lowest BCUT2D eigenvalue weighted by atomic mass is 10.1. The number of hydrogen-bond acceptors (Lipinski definition) is 4. The number of rotatable bonds is 2. The Labute approximate surface area is 119 Å². The minimum Gasteiger partial charge on any atom is -0.368 e. The Morgan fingerprint density at radius 2 is 1.90 bits per heavy atom. The van der Waals surface area contributed by atoms with Crippen LogP contribution in [0.15, 0.2) is 18.3 Å². The van der Waals surface area contributed by atoms with Crippen molar-refractivity contribution in [3.63, 3.8) is 0 Å². The first kappa shape index (κ1) is 13.8. The summed E-state index contributed by atoms with van der Waals surface area (Å²) in [5.74, 6) is -3.53. The van der Waals surface area contributed by atoms with E-state index in [-0.39, 0.29) is 5.95 Å². The Bertz CT molecular complexity index is 667. The largest absolute Gasteiger partial charge is 0.368 e. The smallest absolute Gasteiger partial charge is 0.220 e. The van der Waals surface area contributed by atoms with Gasteiger partial charge in [0.1, 0.15) is 0 Å². The number of aromatic nitrogens is 2. The van der Waals surface area contributed by atoms with Gasteiger partial charge in [-0.15, -0.1) is 0 Å². The second kappa shape index (κ2) is 5.33. The van der Waals surface area contributed by atoms with Crippen LogP contribution in [0, 0.1) is 17.5 Å². The van der Waals surface area contributed by atoms with E-state index in [4.69, 9.17) is 5.73 Å². The third kappa shape index (κ3) is 2.82. The molecule has 0 radical (unpaired) electrons. The first-order valence-corrected chi connectivity index (χ1v) is 6.49. The van der Waals surface area contributed by atoms with Gasteiger partial charge in [0.25, 0.3) is 0 Å². The lowest BCUT2D eigenvalue weighted by Crippen LogP contribution is -2.31. The Morgan fingerprint density at radius 3 is 2.62 bits per heavy atom. The van der Waals surface area contributed by atoms with Crippen LogP contribution in [0.3, 0.4) is 0 Å². The van der Waals surface area contributed by atoms with Crippen LogP contribution in [0.1, 0.15) is 16.8 Å². The molecule has 7 heteroatoms. The van der Waals surface area contributed by atoms with Gasteiger partial charge in [0, 0.05) is 37.8 Å². The number of nitrogen functional groups attached to an aromatic ring is 1. The van der Waals surface area contributed by atoms with Crippen LogP contribution >= 0.6 is 0 Å². The standard InChI is InChI=1S/C14H13F3N4/c15-10-3-8(4-11(16)13(10)17)6-21-2-1-12-9(7-21)5-19-14(18)20-12/h3-5H,1-2,6-7H2,(H2,18,19,20). The van der Waals surface area contributed by atoms with E-state index in [9.17, 15) is 13.2 Å². The minimum atomic E-state index is -1.44. The zero-order valence-corrected chi connectivity index (χ0v) is 11.1. The molecule has 0 bridgehead atoms. The molecule has 0 fully saturated rings. The highest BCUT2D eigenvalue weighted by Gasteiger charge is 2.19. The molecule has 0 atom stereocenters. The maximum atomic E-state index is 13.2. The summed E-state index contributed by atoms with van der Waals surface area (Å²) in [7, 11) is 0. The average molecular weight is 294 g/mol. The quantitative estimate of drug-likeness (QED) is 0.861. The summed E-state index contributed by atoms with van der Waals surface area (Å²) in [6.07, 6.45) is 2.35. The molecule has 110 valence electrons. The molecule has 1 aromatic heterocycles. The van der Waals surface area contributed by atoms with Crippen LogP contribution in [0.25, 0.3) is 0 Å². The van der Waals surface area contributed by atoms with Crippen molar-refractivity contribution in [3.8, 4) is 0 Å². The fourth-order valence-electron chi connectivity index (χ4n) is 2.48. The van der Waals surface area contributed by atoms with Gasteiger partial charge in [0.2, 0.25) is 5.95 Å². The highest BCUT2D eigenvalue weighted by atomic mass is 19.2. The van der Waals surface area contributed by atoms with Crippen molar-refractivity contribution in [2.75, 3.05) is 12.3 Å². The molecule has 2 aromatic rings. The van der Waals surface area contributed by atoms with Gasteiger partial charge in [-0.25, -0.2) is 23.1 Å². The number of nitrogens with zero attached hydrogens (tertiary/aromatic N) is 3. The lowest BCUT2D eigenvalue weighted by Gasteiger charge is -2.27. The summed E-state index contributed by atoms with van der Waals surface area (Å²) < 4.78 is 39.4. The molecule has 0 aliphatic carbocycles. The number of anilines is 1. The van der Waals surface area contributed by atoms with Crippen LogP contribution in [-0.4, -0.2) is 21.4 Å². The van der Waals surface area contributed by atoms with Crippen molar-refractivity contribution < 1.29 is 13.2 Å². The topological polar surface area (TPSA) is 55.0 Å². The van der Waals surface area contributed by atoms with E-state index >= 15 is 0 Å². The fraction of sp³-hybridized carbons (Fsp3) is 0.286. The van der Waals surface area contributed by atoms with Crippen LogP contribution < -0.4 is 5.73 Å². The number of fused-ring (bicyclic) bond motifs is 1. The molecule has 0 saturated carbocycles. The first-order valence-electron chi connectivity index (χ1n) is 6.49. The van der Waals surface area contributed by atoms with Crippen molar-refractivity contribution in [3.05, 3.63) is 52.6 Å². The van der Waals surface area contributed by atoms with Crippen LogP contribution in [-0.2, 0) is 19.5 Å². The maximum Gasteiger partial charge on any atom is 0.220 e. The summed E-state index contributed by atoms with van der Waals surface area (Å²) in [5.41, 5.74) is 7.77. The molecular formula is C14H13F3N4. The van der Waals surface area contributed by atoms with E-state index in [1.807, 2.05) is 4.90 Å². The zero-order chi connectivity index (χ0) is 15.0. The summed E-state index contributed by atoms with van der Waals surface area (Å²) >= 11 is 0. The predicted octanol–water partition coefficient (Wildman–Crippen LogP) is 2.03. The Balaban J connectivity index is 1.77. The predicted molar refractivity (Wildman–Crippen MR) is 70.6 cm³/mol. The molecule has 0 unspecified atom stereocenters. The number of hydrogen-bond donors (Lipinski definition) is 1. The molecule has 21 heavy (non-hydrogen) atoms. The molecule has 2 N–H and O–H groups in total. The van der Waals surface area contributed by atoms with Gasteiger partial charge in [0.05, 0.1) is 5.69 Å². The van der Waals surface area contributed by atoms with Gasteiger partial charge >= 0.3 is 0 Å². The lowest BCUT2D eigenvalue weighted by molar-refractivity contribution is 0.242. The molecule has 1 aromatic carbocycles. The van der Waals surface area contributed by atoms with E-state index in [1.165, 1.54) is 0 Å². The summed E-state index contributed by atoms with van der Waals surface area (Å²) in [6, 6.07) is 2.04. The van der Waals surface area contributed by atoms with Crippen molar-refractivity contribution in [2.24, 2.45) is 0 Å². The van der Waals surface area contributed by atoms with E-state index in [0.29, 0.717) is 31.6 Å². The highest BCUT2D eigenvalue weighted by molar-refractivity contribution is 5.27. The minimum absolute atomic E-state index is 0.241. The van der Waals surface area contributed by atoms with E-state index in [1.54, 1.807) is 6.20 Å². The van der Waals surface area contributed by atoms with Crippen LogP contribution in [0.4, 0.5) is 19.1 Å². The first-order chi connectivity index (χ1) is 10.0. The molecular weight excluding hydrogens is 281 g/mol. The number of halogens is 3. The summed E-state index contributed by atoms with van der Waals surface area (Å²) in [5, 5.41) is 0. The molecule has 2 heterocycles. The van der Waals surface area contributed by atoms with Crippen molar-refractivity contribution >= 4 is 5.95 Å². The molecule has 1 aliphatic rings. The van der Waals surface area contributed by atoms with Crippen molar-refractivity contribution in [1.82, 2.24) is 14.9 Å². The van der Waals surface area contributed by atoms with E-state index in [0.717, 1.165) is 23.4 Å². The third-order valence-electron chi connectivity index (χ3n) is 3.48. The summed E-state index contributed by atoms with van der Waals surface area (Å²) in [6.45, 7) is 1.58. The third-order valence-corrected chi connectivity index (χ3v) is 3.48. The number of benzene rings is 1. The Hall–Kier alpha value is -2.15. The second-order valence-electron chi connectivity index (χ2n) is 5.03. The average Bonchev–Trinajstić information content (AvgIpc) is 2.45. The van der Waals surface area contributed by atoms with Crippen molar-refractivity contribution in [1.29, 1.82) is 0 Å². The molecule has 3 rings (SSSR count). The Morgan fingerprint density at radius 1 is 1.19 bits per heavy atom. The summed E-state index contributed by atoms with van der Waals surface area (Å²) in [4.78, 5) is 10.1. The highest BCUT2D eigenvalue weighted by Crippen LogP contribution is 2.20. The van der Waals surface area contributed by atoms with E-state index < -0.39 is 17.5 Å².